The van der Waals surface area contributed by atoms with Crippen molar-refractivity contribution in [3.05, 3.63) is 47.5 Å². The van der Waals surface area contributed by atoms with Crippen LogP contribution in [0.2, 0.25) is 37.8 Å². The molecule has 1 aliphatic carbocycles. The zero-order valence-corrected chi connectivity index (χ0v) is 20.9. The van der Waals surface area contributed by atoms with Crippen molar-refractivity contribution in [3.8, 4) is 11.5 Å². The van der Waals surface area contributed by atoms with Gasteiger partial charge in [0.1, 0.15) is 14.2 Å². The molecule has 4 nitrogen and oxygen atoms in total. The number of rotatable bonds is 4. The first kappa shape index (κ1) is 23.6. The average Bonchev–Trinajstić information content (AvgIpc) is 2.87. The molecule has 0 amide bonds. The molecule has 3 atom stereocenters. The fourth-order valence-electron chi connectivity index (χ4n) is 2.61. The van der Waals surface area contributed by atoms with Gasteiger partial charge in [-0.15, -0.1) is 5.54 Å². The summed E-state index contributed by atoms with van der Waals surface area (Å²) in [6, 6.07) is 8.81. The summed E-state index contributed by atoms with van der Waals surface area (Å²) in [5.74, 6) is 2.72. The third kappa shape index (κ3) is 6.16. The number of hydrogen-bond acceptors (Lipinski definition) is 4. The van der Waals surface area contributed by atoms with E-state index in [2.05, 4.69) is 65.0 Å². The lowest BCUT2D eigenvalue weighted by Crippen LogP contribution is -2.47. The monoisotopic (exact) mass is 430 g/mol. The number of carbonyl (C=O) groups excluding carboxylic acids is 1. The lowest BCUT2D eigenvalue weighted by molar-refractivity contribution is -0.0264. The van der Waals surface area contributed by atoms with Crippen LogP contribution in [-0.4, -0.2) is 45.8 Å². The Morgan fingerprint density at radius 2 is 1.66 bits per heavy atom. The molecule has 1 aromatic carbocycles. The highest BCUT2D eigenvalue weighted by Gasteiger charge is 2.45. The molecule has 0 saturated carbocycles. The molecular formula is C23H34O4Si2. The third-order valence-electron chi connectivity index (χ3n) is 5.36. The molecule has 0 saturated heterocycles. The molecule has 0 aliphatic heterocycles. The van der Waals surface area contributed by atoms with Crippen LogP contribution < -0.4 is 0 Å². The van der Waals surface area contributed by atoms with E-state index in [4.69, 9.17) is 9.16 Å². The lowest BCUT2D eigenvalue weighted by Gasteiger charge is -2.39. The van der Waals surface area contributed by atoms with E-state index in [1.54, 1.807) is 24.3 Å². The van der Waals surface area contributed by atoms with Crippen molar-refractivity contribution in [2.75, 3.05) is 0 Å². The van der Waals surface area contributed by atoms with Crippen molar-refractivity contribution in [1.82, 2.24) is 0 Å². The van der Waals surface area contributed by atoms with Crippen LogP contribution >= 0.6 is 0 Å². The molecule has 0 heterocycles. The maximum atomic E-state index is 12.6. The largest absolute Gasteiger partial charge is 0.450 e. The van der Waals surface area contributed by atoms with Crippen LogP contribution in [-0.2, 0) is 9.16 Å². The third-order valence-corrected chi connectivity index (χ3v) is 10.7. The Kier molecular flexibility index (Phi) is 7.01. The Labute approximate surface area is 177 Å². The van der Waals surface area contributed by atoms with E-state index in [1.807, 2.05) is 12.1 Å². The summed E-state index contributed by atoms with van der Waals surface area (Å²) in [5.41, 5.74) is 4.40. The summed E-state index contributed by atoms with van der Waals surface area (Å²) in [5, 5.41) is 11.0. The minimum atomic E-state index is -2.12. The summed E-state index contributed by atoms with van der Waals surface area (Å²) in [6.45, 7) is 17.2. The molecule has 1 aliphatic rings. The van der Waals surface area contributed by atoms with Crippen LogP contribution in [0.1, 0.15) is 31.1 Å². The maximum absolute atomic E-state index is 12.6. The van der Waals surface area contributed by atoms with Crippen molar-refractivity contribution < 1.29 is 19.1 Å². The van der Waals surface area contributed by atoms with E-state index in [1.165, 1.54) is 0 Å². The zero-order valence-electron chi connectivity index (χ0n) is 18.9. The van der Waals surface area contributed by atoms with Crippen LogP contribution in [0, 0.1) is 11.5 Å². The predicted octanol–water partition coefficient (Wildman–Crippen LogP) is 4.78. The van der Waals surface area contributed by atoms with Crippen molar-refractivity contribution in [2.45, 2.75) is 76.9 Å². The van der Waals surface area contributed by atoms with Gasteiger partial charge in [-0.05, 0) is 36.3 Å². The zero-order chi connectivity index (χ0) is 22.0. The minimum Gasteiger partial charge on any atom is -0.450 e. The fraction of sp³-hybridized carbons (Fsp3) is 0.522. The average molecular weight is 431 g/mol. The molecule has 0 spiro atoms. The van der Waals surface area contributed by atoms with Gasteiger partial charge in [0.25, 0.3) is 0 Å². The van der Waals surface area contributed by atoms with E-state index in [9.17, 15) is 9.90 Å². The first-order chi connectivity index (χ1) is 13.2. The second-order valence-electron chi connectivity index (χ2n) is 10.1. The van der Waals surface area contributed by atoms with Crippen molar-refractivity contribution in [1.29, 1.82) is 0 Å². The van der Waals surface area contributed by atoms with Crippen LogP contribution in [0.5, 0.6) is 0 Å². The Morgan fingerprint density at radius 1 is 1.07 bits per heavy atom. The molecular weight excluding hydrogens is 396 g/mol. The van der Waals surface area contributed by atoms with Gasteiger partial charge >= 0.3 is 5.97 Å². The standard InChI is InChI=1S/C23H34O4Si2/c1-23(2,3)29(7,8)27-19-16-18(14-15-28(4,5)6)21(20(19)24)26-22(25)17-12-10-9-11-13-17/h9-13,16,19-21,24H,1-8H3/t19-,20+,21-/m1/s1. The predicted molar refractivity (Wildman–Crippen MR) is 123 cm³/mol. The van der Waals surface area contributed by atoms with Crippen molar-refractivity contribution >= 4 is 22.4 Å². The van der Waals surface area contributed by atoms with Crippen molar-refractivity contribution in [2.24, 2.45) is 0 Å². The van der Waals surface area contributed by atoms with Gasteiger partial charge in [0.05, 0.1) is 11.7 Å². The van der Waals surface area contributed by atoms with Crippen LogP contribution in [0.3, 0.4) is 0 Å². The Morgan fingerprint density at radius 3 is 2.17 bits per heavy atom. The molecule has 1 N–H and O–H groups in total. The topological polar surface area (TPSA) is 55.8 Å². The smallest absolute Gasteiger partial charge is 0.338 e. The quantitative estimate of drug-likeness (QED) is 0.424. The number of ether oxygens (including phenoxy) is 1. The Bertz CT molecular complexity index is 820. The highest BCUT2D eigenvalue weighted by molar-refractivity contribution is 6.83. The highest BCUT2D eigenvalue weighted by atomic mass is 28.4. The van der Waals surface area contributed by atoms with Gasteiger partial charge in [-0.3, -0.25) is 0 Å². The van der Waals surface area contributed by atoms with Crippen molar-refractivity contribution in [3.63, 3.8) is 0 Å². The number of aliphatic hydroxyl groups is 1. The first-order valence-electron chi connectivity index (χ1n) is 10.1. The van der Waals surface area contributed by atoms with E-state index in [0.29, 0.717) is 11.1 Å². The Hall–Kier alpha value is -1.66. The van der Waals surface area contributed by atoms with Gasteiger partial charge in [-0.1, -0.05) is 64.5 Å². The summed E-state index contributed by atoms with van der Waals surface area (Å²) in [4.78, 5) is 12.6. The SMILES string of the molecule is CC(C)(C)[Si](C)(C)O[C@@H]1C=C(C#C[Si](C)(C)C)[C@@H](OC(=O)c2ccccc2)[C@H]1O. The van der Waals surface area contributed by atoms with Gasteiger partial charge in [0, 0.05) is 5.57 Å². The minimum absolute atomic E-state index is 0.00350. The van der Waals surface area contributed by atoms with Crippen LogP contribution in [0.15, 0.2) is 42.0 Å². The van der Waals surface area contributed by atoms with Crippen LogP contribution in [0.25, 0.3) is 0 Å². The Balaban J connectivity index is 2.31. The van der Waals surface area contributed by atoms with Gasteiger partial charge in [0.15, 0.2) is 14.4 Å². The normalized spacial score (nSPS) is 22.5. The fourth-order valence-corrected chi connectivity index (χ4v) is 4.37. The summed E-state index contributed by atoms with van der Waals surface area (Å²) < 4.78 is 12.1. The summed E-state index contributed by atoms with van der Waals surface area (Å²) in [6.07, 6.45) is -0.472. The van der Waals surface area contributed by atoms with Gasteiger partial charge in [-0.2, -0.15) is 0 Å². The molecule has 6 heteroatoms. The molecule has 0 unspecified atom stereocenters. The van der Waals surface area contributed by atoms with Gasteiger partial charge in [0.2, 0.25) is 0 Å². The molecule has 158 valence electrons. The second-order valence-corrected chi connectivity index (χ2v) is 19.7. The molecule has 1 aromatic rings. The number of esters is 1. The van der Waals surface area contributed by atoms with Gasteiger partial charge < -0.3 is 14.3 Å². The molecule has 0 fully saturated rings. The van der Waals surface area contributed by atoms with E-state index < -0.39 is 40.7 Å². The molecule has 0 aromatic heterocycles. The molecule has 2 rings (SSSR count). The highest BCUT2D eigenvalue weighted by Crippen LogP contribution is 2.39. The number of aliphatic hydroxyl groups excluding tert-OH is 1. The molecule has 0 radical (unpaired) electrons. The van der Waals surface area contributed by atoms with Crippen LogP contribution in [0.4, 0.5) is 0 Å². The summed E-state index contributed by atoms with van der Waals surface area (Å²) in [7, 11) is -3.75. The summed E-state index contributed by atoms with van der Waals surface area (Å²) >= 11 is 0. The lowest BCUT2D eigenvalue weighted by atomic mass is 10.1. The maximum Gasteiger partial charge on any atom is 0.338 e. The molecule has 0 bridgehead atoms. The van der Waals surface area contributed by atoms with E-state index >= 15 is 0 Å². The van der Waals surface area contributed by atoms with E-state index in [-0.39, 0.29) is 5.04 Å². The first-order valence-corrected chi connectivity index (χ1v) is 16.5. The number of hydrogen-bond donors (Lipinski definition) is 1. The molecule has 29 heavy (non-hydrogen) atoms. The van der Waals surface area contributed by atoms with E-state index in [0.717, 1.165) is 0 Å². The number of carbonyl (C=O) groups is 1. The van der Waals surface area contributed by atoms with Gasteiger partial charge in [-0.25, -0.2) is 4.79 Å². The second kappa shape index (κ2) is 8.61. The number of benzene rings is 1.